The van der Waals surface area contributed by atoms with Crippen LogP contribution < -0.4 is 21.3 Å². The van der Waals surface area contributed by atoms with Gasteiger partial charge >= 0.3 is 0 Å². The normalized spacial score (nSPS) is 15.3. The van der Waals surface area contributed by atoms with Crippen LogP contribution in [0.3, 0.4) is 0 Å². The Labute approximate surface area is 131 Å². The third kappa shape index (κ3) is 3.20. The van der Waals surface area contributed by atoms with Gasteiger partial charge in [-0.15, -0.1) is 0 Å². The van der Waals surface area contributed by atoms with Gasteiger partial charge in [-0.1, -0.05) is 0 Å². The van der Waals surface area contributed by atoms with Gasteiger partial charge in [0.15, 0.2) is 11.6 Å². The fourth-order valence-corrected chi connectivity index (χ4v) is 2.46. The summed E-state index contributed by atoms with van der Waals surface area (Å²) in [4.78, 5) is 19.4. The summed E-state index contributed by atoms with van der Waals surface area (Å²) in [6.07, 6.45) is 1.79. The molecule has 0 amide bonds. The second kappa shape index (κ2) is 6.15. The first kappa shape index (κ1) is 15.1. The maximum Gasteiger partial charge on any atom is 0.297 e. The van der Waals surface area contributed by atoms with Crippen molar-refractivity contribution in [1.29, 1.82) is 0 Å². The second-order valence-electron chi connectivity index (χ2n) is 5.07. The van der Waals surface area contributed by atoms with Crippen LogP contribution in [0.2, 0.25) is 0 Å². The first-order chi connectivity index (χ1) is 11.0. The predicted molar refractivity (Wildman–Crippen MR) is 82.3 cm³/mol. The van der Waals surface area contributed by atoms with E-state index >= 15 is 0 Å². The van der Waals surface area contributed by atoms with Crippen LogP contribution in [0.15, 0.2) is 18.6 Å². The fraction of sp³-hybridized carbons (Fsp3) is 0.385. The van der Waals surface area contributed by atoms with Crippen molar-refractivity contribution in [2.24, 2.45) is 0 Å². The van der Waals surface area contributed by atoms with Crippen LogP contribution in [0.1, 0.15) is 12.2 Å². The molecule has 1 aliphatic rings. The zero-order valence-corrected chi connectivity index (χ0v) is 12.2. The van der Waals surface area contributed by atoms with Crippen molar-refractivity contribution in [3.8, 4) is 0 Å². The zero-order chi connectivity index (χ0) is 16.4. The van der Waals surface area contributed by atoms with Gasteiger partial charge in [-0.2, -0.15) is 4.98 Å². The van der Waals surface area contributed by atoms with Gasteiger partial charge in [-0.05, 0) is 0 Å². The molecule has 0 bridgehead atoms. The molecular formula is C13H16F2N8. The summed E-state index contributed by atoms with van der Waals surface area (Å²) in [6.45, 7) is 2.74. The third-order valence-electron chi connectivity index (χ3n) is 3.66. The van der Waals surface area contributed by atoms with Crippen LogP contribution in [0, 0.1) is 0 Å². The van der Waals surface area contributed by atoms with Crippen LogP contribution in [-0.2, 0) is 0 Å². The van der Waals surface area contributed by atoms with Crippen molar-refractivity contribution in [3.05, 3.63) is 24.4 Å². The van der Waals surface area contributed by atoms with E-state index in [4.69, 9.17) is 11.5 Å². The van der Waals surface area contributed by atoms with E-state index in [1.165, 1.54) is 12.4 Å². The molecule has 2 aromatic rings. The van der Waals surface area contributed by atoms with Crippen LogP contribution in [0.5, 0.6) is 0 Å². The Morgan fingerprint density at radius 1 is 0.913 bits per heavy atom. The summed E-state index contributed by atoms with van der Waals surface area (Å²) < 4.78 is 24.9. The van der Waals surface area contributed by atoms with E-state index in [9.17, 15) is 8.78 Å². The van der Waals surface area contributed by atoms with Crippen molar-refractivity contribution in [2.75, 3.05) is 47.4 Å². The standard InChI is InChI=1S/C13H16F2N8/c14-10(15)12-18-5-8(6-19-12)22-1-3-23(4-2-22)9-7-20-13(17)21-11(9)16/h5-7,10H,1-4H2,(H4,16,17,20,21). The molecule has 122 valence electrons. The summed E-state index contributed by atoms with van der Waals surface area (Å²) >= 11 is 0. The van der Waals surface area contributed by atoms with Crippen molar-refractivity contribution < 1.29 is 8.78 Å². The van der Waals surface area contributed by atoms with Crippen molar-refractivity contribution in [2.45, 2.75) is 6.43 Å². The molecule has 3 rings (SSSR count). The van der Waals surface area contributed by atoms with Gasteiger partial charge in [-0.3, -0.25) is 0 Å². The number of halogens is 2. The number of alkyl halides is 2. The zero-order valence-electron chi connectivity index (χ0n) is 12.2. The van der Waals surface area contributed by atoms with Gasteiger partial charge in [0.2, 0.25) is 5.95 Å². The number of nitrogens with two attached hydrogens (primary N) is 2. The molecule has 0 unspecified atom stereocenters. The van der Waals surface area contributed by atoms with Crippen LogP contribution >= 0.6 is 0 Å². The molecule has 10 heteroatoms. The highest BCUT2D eigenvalue weighted by molar-refractivity contribution is 5.64. The Morgan fingerprint density at radius 3 is 2.09 bits per heavy atom. The van der Waals surface area contributed by atoms with Crippen LogP contribution in [0.4, 0.5) is 31.9 Å². The highest BCUT2D eigenvalue weighted by atomic mass is 19.3. The maximum absolute atomic E-state index is 12.5. The van der Waals surface area contributed by atoms with E-state index in [2.05, 4.69) is 24.8 Å². The third-order valence-corrected chi connectivity index (χ3v) is 3.66. The van der Waals surface area contributed by atoms with E-state index in [0.717, 1.165) is 11.4 Å². The molecule has 1 fully saturated rings. The van der Waals surface area contributed by atoms with Gasteiger partial charge < -0.3 is 21.3 Å². The smallest absolute Gasteiger partial charge is 0.297 e. The van der Waals surface area contributed by atoms with E-state index in [1.54, 1.807) is 6.20 Å². The maximum atomic E-state index is 12.5. The lowest BCUT2D eigenvalue weighted by Crippen LogP contribution is -2.47. The Morgan fingerprint density at radius 2 is 1.52 bits per heavy atom. The molecule has 2 aromatic heterocycles. The summed E-state index contributed by atoms with van der Waals surface area (Å²) in [7, 11) is 0. The molecule has 0 spiro atoms. The minimum atomic E-state index is -2.66. The molecule has 3 heterocycles. The number of hydrogen-bond donors (Lipinski definition) is 2. The first-order valence-electron chi connectivity index (χ1n) is 7.02. The molecule has 0 saturated carbocycles. The number of nitrogens with zero attached hydrogens (tertiary/aromatic N) is 6. The lowest BCUT2D eigenvalue weighted by atomic mass is 10.2. The quantitative estimate of drug-likeness (QED) is 0.849. The molecule has 0 aromatic carbocycles. The molecule has 4 N–H and O–H groups in total. The van der Waals surface area contributed by atoms with Gasteiger partial charge in [0.05, 0.1) is 30.0 Å². The van der Waals surface area contributed by atoms with Crippen LogP contribution in [-0.4, -0.2) is 46.1 Å². The molecule has 23 heavy (non-hydrogen) atoms. The Hall–Kier alpha value is -2.78. The van der Waals surface area contributed by atoms with Gasteiger partial charge in [0, 0.05) is 26.2 Å². The Kier molecular flexibility index (Phi) is 4.04. The number of piperazine rings is 1. The molecule has 0 radical (unpaired) electrons. The van der Waals surface area contributed by atoms with E-state index in [-0.39, 0.29) is 5.95 Å². The van der Waals surface area contributed by atoms with Crippen LogP contribution in [0.25, 0.3) is 0 Å². The van der Waals surface area contributed by atoms with E-state index < -0.39 is 12.2 Å². The number of hydrogen-bond acceptors (Lipinski definition) is 8. The van der Waals surface area contributed by atoms with Gasteiger partial charge in [0.25, 0.3) is 6.43 Å². The number of rotatable bonds is 3. The average Bonchev–Trinajstić information content (AvgIpc) is 2.55. The summed E-state index contributed by atoms with van der Waals surface area (Å²) in [5.41, 5.74) is 12.8. The Balaban J connectivity index is 1.66. The van der Waals surface area contributed by atoms with Crippen molar-refractivity contribution in [1.82, 2.24) is 19.9 Å². The molecule has 1 aliphatic heterocycles. The Bertz CT molecular complexity index is 670. The van der Waals surface area contributed by atoms with E-state index in [1.807, 2.05) is 4.90 Å². The lowest BCUT2D eigenvalue weighted by Gasteiger charge is -2.37. The SMILES string of the molecule is Nc1ncc(N2CCN(c3cnc(C(F)F)nc3)CC2)c(N)n1. The number of aromatic nitrogens is 4. The highest BCUT2D eigenvalue weighted by Gasteiger charge is 2.21. The molecule has 0 atom stereocenters. The minimum Gasteiger partial charge on any atom is -0.382 e. The lowest BCUT2D eigenvalue weighted by molar-refractivity contribution is 0.140. The summed E-state index contributed by atoms with van der Waals surface area (Å²) in [5.74, 6) is 0.0240. The fourth-order valence-electron chi connectivity index (χ4n) is 2.46. The average molecular weight is 322 g/mol. The minimum absolute atomic E-state index is 0.140. The summed E-state index contributed by atoms with van der Waals surface area (Å²) in [5, 5.41) is 0. The monoisotopic (exact) mass is 322 g/mol. The molecular weight excluding hydrogens is 306 g/mol. The summed E-state index contributed by atoms with van der Waals surface area (Å²) in [6, 6.07) is 0. The molecule has 0 aliphatic carbocycles. The van der Waals surface area contributed by atoms with Gasteiger partial charge in [-0.25, -0.2) is 23.7 Å². The molecule has 8 nitrogen and oxygen atoms in total. The second-order valence-corrected chi connectivity index (χ2v) is 5.07. The largest absolute Gasteiger partial charge is 0.382 e. The van der Waals surface area contributed by atoms with E-state index in [0.29, 0.717) is 32.0 Å². The highest BCUT2D eigenvalue weighted by Crippen LogP contribution is 2.24. The molecule has 1 saturated heterocycles. The van der Waals surface area contributed by atoms with Crippen molar-refractivity contribution in [3.63, 3.8) is 0 Å². The number of anilines is 4. The first-order valence-corrected chi connectivity index (χ1v) is 7.02. The van der Waals surface area contributed by atoms with Gasteiger partial charge in [0.1, 0.15) is 0 Å². The predicted octanol–water partition coefficient (Wildman–Crippen LogP) is 0.695. The topological polar surface area (TPSA) is 110 Å². The van der Waals surface area contributed by atoms with Crippen molar-refractivity contribution >= 4 is 23.1 Å². The number of nitrogen functional groups attached to an aromatic ring is 2.